The number of aryl methyl sites for hydroxylation is 1. The fourth-order valence-electron chi connectivity index (χ4n) is 5.10. The van der Waals surface area contributed by atoms with Crippen LogP contribution in [0.4, 0.5) is 5.69 Å². The van der Waals surface area contributed by atoms with E-state index in [2.05, 4.69) is 21.2 Å². The zero-order valence-electron chi connectivity index (χ0n) is 23.2. The summed E-state index contributed by atoms with van der Waals surface area (Å²) < 4.78 is 27.8. The monoisotopic (exact) mass is 659 g/mol. The lowest BCUT2D eigenvalue weighted by molar-refractivity contribution is -0.140. The van der Waals surface area contributed by atoms with Crippen molar-refractivity contribution >= 4 is 55.1 Å². The van der Waals surface area contributed by atoms with E-state index in [1.807, 2.05) is 61.5 Å². The standard InChI is InChI=1S/C31H35BrClN3O4S/c1-22-15-16-27(19-28(22)33)36(41(2,39)40)21-30(37)35(20-24-11-8-12-25(32)17-24)29(18-23-9-4-3-5-10-23)31(38)34-26-13-6-7-14-26/h3-5,8-12,15-17,19,26,29H,6-7,13-14,18,20-21H2,1-2H3,(H,34,38)/t29-/m1/s1. The number of halogens is 2. The van der Waals surface area contributed by atoms with Crippen molar-refractivity contribution in [1.82, 2.24) is 10.2 Å². The normalized spacial score (nSPS) is 14.4. The zero-order chi connectivity index (χ0) is 29.6. The number of rotatable bonds is 11. The molecule has 3 aromatic carbocycles. The van der Waals surface area contributed by atoms with Crippen LogP contribution in [-0.2, 0) is 32.6 Å². The number of carbonyl (C=O) groups excluding carboxylic acids is 2. The van der Waals surface area contributed by atoms with Gasteiger partial charge in [0.25, 0.3) is 0 Å². The van der Waals surface area contributed by atoms with E-state index in [-0.39, 0.29) is 30.6 Å². The van der Waals surface area contributed by atoms with Gasteiger partial charge in [-0.25, -0.2) is 8.42 Å². The van der Waals surface area contributed by atoms with Crippen molar-refractivity contribution in [2.75, 3.05) is 17.1 Å². The Kier molecular flexibility index (Phi) is 10.5. The molecule has 1 aliphatic carbocycles. The molecule has 1 atom stereocenters. The molecule has 0 aliphatic heterocycles. The van der Waals surface area contributed by atoms with Gasteiger partial charge in [0.1, 0.15) is 12.6 Å². The quantitative estimate of drug-likeness (QED) is 0.279. The minimum absolute atomic E-state index is 0.0609. The maximum atomic E-state index is 14.2. The third kappa shape index (κ3) is 8.56. The van der Waals surface area contributed by atoms with Crippen molar-refractivity contribution in [3.05, 3.63) is 99.0 Å². The molecule has 1 saturated carbocycles. The average molecular weight is 661 g/mol. The second kappa shape index (κ2) is 13.9. The Labute approximate surface area is 256 Å². The van der Waals surface area contributed by atoms with Gasteiger partial charge in [0.15, 0.2) is 0 Å². The fraction of sp³-hybridized carbons (Fsp3) is 0.355. The van der Waals surface area contributed by atoms with Crippen molar-refractivity contribution < 1.29 is 18.0 Å². The van der Waals surface area contributed by atoms with E-state index in [4.69, 9.17) is 11.6 Å². The molecule has 1 N–H and O–H groups in total. The van der Waals surface area contributed by atoms with E-state index in [9.17, 15) is 18.0 Å². The highest BCUT2D eigenvalue weighted by molar-refractivity contribution is 9.10. The van der Waals surface area contributed by atoms with Crippen LogP contribution >= 0.6 is 27.5 Å². The number of hydrogen-bond donors (Lipinski definition) is 1. The summed E-state index contributed by atoms with van der Waals surface area (Å²) in [6, 6.07) is 21.2. The van der Waals surface area contributed by atoms with Crippen molar-refractivity contribution in [3.63, 3.8) is 0 Å². The van der Waals surface area contributed by atoms with Crippen LogP contribution in [0.3, 0.4) is 0 Å². The van der Waals surface area contributed by atoms with Gasteiger partial charge in [-0.2, -0.15) is 0 Å². The Balaban J connectivity index is 1.73. The molecule has 4 rings (SSSR count). The lowest BCUT2D eigenvalue weighted by atomic mass is 10.0. The summed E-state index contributed by atoms with van der Waals surface area (Å²) in [7, 11) is -3.86. The molecule has 3 aromatic rings. The average Bonchev–Trinajstić information content (AvgIpc) is 3.44. The molecule has 1 aliphatic rings. The molecule has 0 heterocycles. The molecule has 0 spiro atoms. The van der Waals surface area contributed by atoms with E-state index in [1.165, 1.54) is 11.0 Å². The maximum absolute atomic E-state index is 14.2. The Bertz CT molecular complexity index is 1480. The van der Waals surface area contributed by atoms with Crippen LogP contribution in [0.1, 0.15) is 42.4 Å². The van der Waals surface area contributed by atoms with E-state index >= 15 is 0 Å². The molecule has 0 saturated heterocycles. The number of amides is 2. The number of nitrogens with zero attached hydrogens (tertiary/aromatic N) is 2. The van der Waals surface area contributed by atoms with Crippen molar-refractivity contribution in [2.24, 2.45) is 0 Å². The van der Waals surface area contributed by atoms with Gasteiger partial charge in [-0.1, -0.05) is 88.9 Å². The van der Waals surface area contributed by atoms with Crippen molar-refractivity contribution in [3.8, 4) is 0 Å². The lowest BCUT2D eigenvalue weighted by Gasteiger charge is -2.34. The third-order valence-electron chi connectivity index (χ3n) is 7.34. The summed E-state index contributed by atoms with van der Waals surface area (Å²) in [5.41, 5.74) is 2.78. The lowest BCUT2D eigenvalue weighted by Crippen LogP contribution is -2.54. The Morgan fingerprint density at radius 1 is 1.00 bits per heavy atom. The van der Waals surface area contributed by atoms with E-state index in [0.29, 0.717) is 5.02 Å². The van der Waals surface area contributed by atoms with E-state index in [0.717, 1.165) is 57.4 Å². The van der Waals surface area contributed by atoms with E-state index < -0.39 is 28.5 Å². The molecule has 1 fully saturated rings. The molecular formula is C31H35BrClN3O4S. The molecule has 41 heavy (non-hydrogen) atoms. The summed E-state index contributed by atoms with van der Waals surface area (Å²) in [5, 5.41) is 3.57. The van der Waals surface area contributed by atoms with Gasteiger partial charge in [-0.3, -0.25) is 13.9 Å². The predicted octanol–water partition coefficient (Wildman–Crippen LogP) is 5.88. The Morgan fingerprint density at radius 3 is 2.32 bits per heavy atom. The van der Waals surface area contributed by atoms with Crippen LogP contribution in [0, 0.1) is 6.92 Å². The van der Waals surface area contributed by atoms with Gasteiger partial charge in [0, 0.05) is 28.5 Å². The minimum atomic E-state index is -3.86. The second-order valence-corrected chi connectivity index (χ2v) is 13.8. The van der Waals surface area contributed by atoms with Gasteiger partial charge in [0.05, 0.1) is 11.9 Å². The Morgan fingerprint density at radius 2 is 1.68 bits per heavy atom. The van der Waals surface area contributed by atoms with Crippen LogP contribution in [0.15, 0.2) is 77.3 Å². The first-order valence-corrected chi connectivity index (χ1v) is 16.7. The second-order valence-electron chi connectivity index (χ2n) is 10.6. The van der Waals surface area contributed by atoms with Crippen LogP contribution in [0.5, 0.6) is 0 Å². The molecule has 0 bridgehead atoms. The minimum Gasteiger partial charge on any atom is -0.352 e. The number of anilines is 1. The zero-order valence-corrected chi connectivity index (χ0v) is 26.4. The van der Waals surface area contributed by atoms with Crippen LogP contribution in [-0.4, -0.2) is 50.0 Å². The third-order valence-corrected chi connectivity index (χ3v) is 9.38. The number of hydrogen-bond acceptors (Lipinski definition) is 4. The van der Waals surface area contributed by atoms with Gasteiger partial charge >= 0.3 is 0 Å². The molecule has 10 heteroatoms. The highest BCUT2D eigenvalue weighted by Gasteiger charge is 2.34. The fourth-order valence-corrected chi connectivity index (χ4v) is 6.57. The molecule has 0 radical (unpaired) electrons. The summed E-state index contributed by atoms with van der Waals surface area (Å²) in [5.74, 6) is -0.733. The summed E-state index contributed by atoms with van der Waals surface area (Å²) in [4.78, 5) is 29.6. The topological polar surface area (TPSA) is 86.8 Å². The first-order valence-electron chi connectivity index (χ1n) is 13.6. The molecule has 7 nitrogen and oxygen atoms in total. The van der Waals surface area contributed by atoms with Gasteiger partial charge in [-0.05, 0) is 60.7 Å². The largest absolute Gasteiger partial charge is 0.352 e. The first kappa shape index (κ1) is 31.1. The van der Waals surface area contributed by atoms with E-state index in [1.54, 1.807) is 12.1 Å². The van der Waals surface area contributed by atoms with Crippen molar-refractivity contribution in [1.29, 1.82) is 0 Å². The first-order chi connectivity index (χ1) is 19.5. The molecule has 0 unspecified atom stereocenters. The van der Waals surface area contributed by atoms with Crippen LogP contribution in [0.25, 0.3) is 0 Å². The summed E-state index contributed by atoms with van der Waals surface area (Å²) in [6.45, 7) is 1.47. The van der Waals surface area contributed by atoms with Crippen LogP contribution in [0.2, 0.25) is 5.02 Å². The Hall–Kier alpha value is -2.88. The highest BCUT2D eigenvalue weighted by atomic mass is 79.9. The van der Waals surface area contributed by atoms with Gasteiger partial charge in [-0.15, -0.1) is 0 Å². The molecule has 218 valence electrons. The van der Waals surface area contributed by atoms with Gasteiger partial charge in [0.2, 0.25) is 21.8 Å². The van der Waals surface area contributed by atoms with Crippen molar-refractivity contribution in [2.45, 2.75) is 57.7 Å². The molecule has 2 amide bonds. The summed E-state index contributed by atoms with van der Waals surface area (Å²) >= 11 is 9.81. The smallest absolute Gasteiger partial charge is 0.244 e. The number of sulfonamides is 1. The summed E-state index contributed by atoms with van der Waals surface area (Å²) in [6.07, 6.45) is 5.25. The molecule has 0 aromatic heterocycles. The number of carbonyl (C=O) groups is 2. The SMILES string of the molecule is Cc1ccc(N(CC(=O)N(Cc2cccc(Br)c2)[C@H](Cc2ccccc2)C(=O)NC2CCCC2)S(C)(=O)=O)cc1Cl. The molecular weight excluding hydrogens is 626 g/mol. The number of nitrogens with one attached hydrogen (secondary N) is 1. The maximum Gasteiger partial charge on any atom is 0.244 e. The predicted molar refractivity (Wildman–Crippen MR) is 167 cm³/mol. The highest BCUT2D eigenvalue weighted by Crippen LogP contribution is 2.26. The number of benzene rings is 3. The van der Waals surface area contributed by atoms with Gasteiger partial charge < -0.3 is 10.2 Å². The van der Waals surface area contributed by atoms with Crippen LogP contribution < -0.4 is 9.62 Å².